The average Bonchev–Trinajstić information content (AvgIpc) is 2.72. The molecule has 1 N–H and O–H groups in total. The molecule has 3 rings (SSSR count). The van der Waals surface area contributed by atoms with Crippen LogP contribution in [0.4, 0.5) is 0 Å². The van der Waals surface area contributed by atoms with Crippen molar-refractivity contribution in [2.45, 2.75) is 47.6 Å². The molecule has 7 nitrogen and oxygen atoms in total. The molecule has 0 aliphatic carbocycles. The largest absolute Gasteiger partial charge is 0.492 e. The van der Waals surface area contributed by atoms with E-state index >= 15 is 0 Å². The number of hydrogen-bond donors (Lipinski definition) is 1. The molecule has 0 fully saturated rings. The van der Waals surface area contributed by atoms with Crippen molar-refractivity contribution in [1.82, 2.24) is 4.68 Å². The van der Waals surface area contributed by atoms with Crippen LogP contribution in [-0.4, -0.2) is 42.6 Å². The molecule has 2 heterocycles. The molecule has 1 aromatic carbocycles. The van der Waals surface area contributed by atoms with Gasteiger partial charge >= 0.3 is 5.97 Å². The van der Waals surface area contributed by atoms with Crippen molar-refractivity contribution in [1.29, 1.82) is 0 Å². The number of pyridine rings is 1. The summed E-state index contributed by atoms with van der Waals surface area (Å²) < 4.78 is 12.6. The van der Waals surface area contributed by atoms with Crippen LogP contribution >= 0.6 is 11.6 Å². The van der Waals surface area contributed by atoms with E-state index < -0.39 is 11.4 Å². The zero-order chi connectivity index (χ0) is 24.1. The Labute approximate surface area is 194 Å². The van der Waals surface area contributed by atoms with Gasteiger partial charge in [-0.1, -0.05) is 46.2 Å². The first-order chi connectivity index (χ1) is 15.1. The number of halogens is 1. The second-order valence-electron chi connectivity index (χ2n) is 8.60. The van der Waals surface area contributed by atoms with Gasteiger partial charge in [0.1, 0.15) is 11.3 Å². The summed E-state index contributed by atoms with van der Waals surface area (Å²) in [6, 6.07) is 5.05. The Morgan fingerprint density at radius 2 is 1.88 bits per heavy atom. The van der Waals surface area contributed by atoms with E-state index in [1.165, 1.54) is 12.3 Å². The quantitative estimate of drug-likeness (QED) is 0.592. The van der Waals surface area contributed by atoms with Gasteiger partial charge in [-0.2, -0.15) is 0 Å². The average molecular weight is 465 g/mol. The van der Waals surface area contributed by atoms with Crippen LogP contribution in [-0.2, 0) is 11.3 Å². The van der Waals surface area contributed by atoms with Crippen LogP contribution in [0.3, 0.4) is 0 Å². The van der Waals surface area contributed by atoms with E-state index in [2.05, 4.69) is 20.8 Å². The SMILES string of the molecule is CC.COCCCOc1cc2c(cc1Cl)-c1cc(=O)c(C(=O)O)cn1N(CC(C)(C)C)C2. The van der Waals surface area contributed by atoms with Crippen molar-refractivity contribution in [2.24, 2.45) is 5.41 Å². The zero-order valence-corrected chi connectivity index (χ0v) is 20.5. The minimum absolute atomic E-state index is 0.0484. The predicted molar refractivity (Wildman–Crippen MR) is 128 cm³/mol. The summed E-state index contributed by atoms with van der Waals surface area (Å²) in [5.74, 6) is -0.658. The number of benzene rings is 1. The lowest BCUT2D eigenvalue weighted by atomic mass is 9.95. The van der Waals surface area contributed by atoms with Crippen LogP contribution in [0.15, 0.2) is 29.2 Å². The Balaban J connectivity index is 0.00000176. The van der Waals surface area contributed by atoms with Gasteiger partial charge in [0.05, 0.1) is 23.9 Å². The number of aromatic nitrogens is 1. The fraction of sp³-hybridized carbons (Fsp3) is 0.500. The Bertz CT molecular complexity index is 1010. The number of carboxylic acid groups (broad SMARTS) is 1. The first kappa shape index (κ1) is 25.7. The fourth-order valence-corrected chi connectivity index (χ4v) is 3.75. The molecule has 0 spiro atoms. The Kier molecular flexibility index (Phi) is 8.75. The first-order valence-electron chi connectivity index (χ1n) is 10.8. The second kappa shape index (κ2) is 10.9. The number of rotatable bonds is 7. The molecule has 0 saturated heterocycles. The highest BCUT2D eigenvalue weighted by atomic mass is 35.5. The molecule has 1 aliphatic rings. The molecular formula is C24H33ClN2O5. The molecule has 2 aromatic rings. The van der Waals surface area contributed by atoms with E-state index in [0.717, 1.165) is 17.5 Å². The highest BCUT2D eigenvalue weighted by Crippen LogP contribution is 2.37. The van der Waals surface area contributed by atoms with Crippen molar-refractivity contribution < 1.29 is 19.4 Å². The van der Waals surface area contributed by atoms with Gasteiger partial charge in [0.25, 0.3) is 0 Å². The van der Waals surface area contributed by atoms with E-state index in [0.29, 0.717) is 42.8 Å². The third-order valence-electron chi connectivity index (χ3n) is 4.76. The summed E-state index contributed by atoms with van der Waals surface area (Å²) in [7, 11) is 1.64. The lowest BCUT2D eigenvalue weighted by Gasteiger charge is -2.39. The van der Waals surface area contributed by atoms with Crippen molar-refractivity contribution in [3.05, 3.63) is 50.8 Å². The molecule has 0 radical (unpaired) electrons. The number of fused-ring (bicyclic) bond motifs is 3. The summed E-state index contributed by atoms with van der Waals surface area (Å²) in [5, 5.41) is 11.9. The van der Waals surface area contributed by atoms with Crippen LogP contribution < -0.4 is 15.2 Å². The maximum Gasteiger partial charge on any atom is 0.341 e. The zero-order valence-electron chi connectivity index (χ0n) is 19.7. The van der Waals surface area contributed by atoms with Gasteiger partial charge < -0.3 is 19.6 Å². The Morgan fingerprint density at radius 3 is 2.47 bits per heavy atom. The third-order valence-corrected chi connectivity index (χ3v) is 5.06. The van der Waals surface area contributed by atoms with E-state index in [1.807, 2.05) is 24.9 Å². The number of ether oxygens (including phenoxy) is 2. The fourth-order valence-electron chi connectivity index (χ4n) is 3.53. The molecule has 0 amide bonds. The van der Waals surface area contributed by atoms with Crippen LogP contribution in [0.2, 0.25) is 5.02 Å². The minimum Gasteiger partial charge on any atom is -0.492 e. The van der Waals surface area contributed by atoms with Crippen LogP contribution in [0, 0.1) is 5.41 Å². The summed E-state index contributed by atoms with van der Waals surface area (Å²) >= 11 is 6.45. The van der Waals surface area contributed by atoms with Crippen LogP contribution in [0.25, 0.3) is 11.3 Å². The van der Waals surface area contributed by atoms with Gasteiger partial charge in [0.15, 0.2) is 5.43 Å². The van der Waals surface area contributed by atoms with Crippen molar-refractivity contribution in [3.8, 4) is 17.0 Å². The molecule has 0 saturated carbocycles. The second-order valence-corrected chi connectivity index (χ2v) is 9.01. The van der Waals surface area contributed by atoms with E-state index in [9.17, 15) is 14.7 Å². The smallest absolute Gasteiger partial charge is 0.341 e. The predicted octanol–water partition coefficient (Wildman–Crippen LogP) is 4.81. The molecule has 176 valence electrons. The van der Waals surface area contributed by atoms with Gasteiger partial charge in [-0.3, -0.25) is 9.47 Å². The van der Waals surface area contributed by atoms with E-state index in [4.69, 9.17) is 21.1 Å². The lowest BCUT2D eigenvalue weighted by Crippen LogP contribution is -2.44. The number of nitrogens with zero attached hydrogens (tertiary/aromatic N) is 2. The normalized spacial score (nSPS) is 12.4. The minimum atomic E-state index is -1.24. The van der Waals surface area contributed by atoms with Crippen LogP contribution in [0.5, 0.6) is 5.75 Å². The summed E-state index contributed by atoms with van der Waals surface area (Å²) in [6.45, 7) is 12.6. The molecular weight excluding hydrogens is 432 g/mol. The van der Waals surface area contributed by atoms with Crippen molar-refractivity contribution in [2.75, 3.05) is 31.9 Å². The highest BCUT2D eigenvalue weighted by molar-refractivity contribution is 6.32. The molecule has 8 heteroatoms. The molecule has 0 unspecified atom stereocenters. The van der Waals surface area contributed by atoms with Gasteiger partial charge in [-0.25, -0.2) is 4.79 Å². The standard InChI is InChI=1S/C22H27ClN2O5.C2H6/c1-22(2,3)13-24-11-14-8-20(30-7-5-6-29-4)17(23)9-15(14)18-10-19(26)16(21(27)28)12-25(18)24;1-2/h8-10,12H,5-7,11,13H2,1-4H3,(H,27,28);1-2H3. The van der Waals surface area contributed by atoms with Crippen molar-refractivity contribution >= 4 is 17.6 Å². The van der Waals surface area contributed by atoms with E-state index in [-0.39, 0.29) is 11.0 Å². The number of carboxylic acids is 1. The Morgan fingerprint density at radius 1 is 1.19 bits per heavy atom. The van der Waals surface area contributed by atoms with Crippen LogP contribution in [0.1, 0.15) is 57.0 Å². The van der Waals surface area contributed by atoms with Gasteiger partial charge in [0, 0.05) is 44.5 Å². The highest BCUT2D eigenvalue weighted by Gasteiger charge is 2.28. The van der Waals surface area contributed by atoms with Gasteiger partial charge in [-0.15, -0.1) is 0 Å². The monoisotopic (exact) mass is 464 g/mol. The summed E-state index contributed by atoms with van der Waals surface area (Å²) in [5.41, 5.74) is 1.53. The summed E-state index contributed by atoms with van der Waals surface area (Å²) in [6.07, 6.45) is 2.15. The maximum absolute atomic E-state index is 12.4. The Hall–Kier alpha value is -2.51. The number of carbonyl (C=O) groups is 1. The first-order valence-corrected chi connectivity index (χ1v) is 11.2. The molecule has 1 aromatic heterocycles. The number of hydrogen-bond acceptors (Lipinski definition) is 5. The number of methoxy groups -OCH3 is 1. The summed E-state index contributed by atoms with van der Waals surface area (Å²) in [4.78, 5) is 23.9. The molecule has 0 atom stereocenters. The maximum atomic E-state index is 12.4. The van der Waals surface area contributed by atoms with Gasteiger partial charge in [-0.05, 0) is 23.1 Å². The van der Waals surface area contributed by atoms with Gasteiger partial charge in [0.2, 0.25) is 0 Å². The number of aromatic carboxylic acids is 1. The third kappa shape index (κ3) is 6.04. The molecule has 32 heavy (non-hydrogen) atoms. The van der Waals surface area contributed by atoms with Crippen molar-refractivity contribution in [3.63, 3.8) is 0 Å². The molecule has 0 bridgehead atoms. The topological polar surface area (TPSA) is 81.0 Å². The lowest BCUT2D eigenvalue weighted by molar-refractivity contribution is 0.0694. The molecule has 1 aliphatic heterocycles. The van der Waals surface area contributed by atoms with E-state index in [1.54, 1.807) is 17.9 Å².